The Morgan fingerprint density at radius 1 is 1.38 bits per heavy atom. The molecule has 0 aliphatic carbocycles. The quantitative estimate of drug-likeness (QED) is 0.741. The molecule has 4 nitrogen and oxygen atoms in total. The highest BCUT2D eigenvalue weighted by Gasteiger charge is 2.20. The van der Waals surface area contributed by atoms with Gasteiger partial charge in [-0.05, 0) is 44.7 Å². The summed E-state index contributed by atoms with van der Waals surface area (Å²) in [6, 6.07) is 0. The number of ether oxygens (including phenoxy) is 1. The number of amides is 1. The summed E-state index contributed by atoms with van der Waals surface area (Å²) in [4.78, 5) is 11.6. The van der Waals surface area contributed by atoms with Crippen LogP contribution in [-0.2, 0) is 9.53 Å². The highest BCUT2D eigenvalue weighted by atomic mass is 16.5. The molecule has 1 amide bonds. The first kappa shape index (κ1) is 11.9. The number of piperidine rings is 1. The molecule has 92 valence electrons. The first-order valence-corrected chi connectivity index (χ1v) is 6.43. The van der Waals surface area contributed by atoms with Gasteiger partial charge in [-0.15, -0.1) is 0 Å². The molecular weight excluding hydrogens is 204 g/mol. The fraction of sp³-hybridized carbons (Fsp3) is 0.917. The lowest BCUT2D eigenvalue weighted by atomic mass is 10.00. The Labute approximate surface area is 97.1 Å². The molecule has 0 bridgehead atoms. The maximum atomic E-state index is 11.6. The van der Waals surface area contributed by atoms with E-state index < -0.39 is 0 Å². The van der Waals surface area contributed by atoms with E-state index in [4.69, 9.17) is 4.74 Å². The topological polar surface area (TPSA) is 50.4 Å². The van der Waals surface area contributed by atoms with Crippen LogP contribution >= 0.6 is 0 Å². The van der Waals surface area contributed by atoms with Gasteiger partial charge in [0.1, 0.15) is 0 Å². The number of hydrogen-bond acceptors (Lipinski definition) is 3. The Bertz CT molecular complexity index is 221. The third kappa shape index (κ3) is 3.76. The van der Waals surface area contributed by atoms with E-state index >= 15 is 0 Å². The summed E-state index contributed by atoms with van der Waals surface area (Å²) in [5.74, 6) is 0.764. The zero-order chi connectivity index (χ0) is 11.2. The van der Waals surface area contributed by atoms with Crippen LogP contribution < -0.4 is 10.6 Å². The van der Waals surface area contributed by atoms with Crippen molar-refractivity contribution in [3.8, 4) is 0 Å². The van der Waals surface area contributed by atoms with Gasteiger partial charge in [0, 0.05) is 13.2 Å². The van der Waals surface area contributed by atoms with Crippen LogP contribution in [0.5, 0.6) is 0 Å². The third-order valence-corrected chi connectivity index (χ3v) is 3.42. The number of carbonyl (C=O) groups excluding carboxylic acids is 1. The van der Waals surface area contributed by atoms with Crippen molar-refractivity contribution in [3.63, 3.8) is 0 Å². The number of nitrogens with one attached hydrogen (secondary N) is 2. The second-order valence-corrected chi connectivity index (χ2v) is 4.86. The molecule has 2 saturated heterocycles. The molecule has 2 heterocycles. The predicted octanol–water partition coefficient (Wildman–Crippen LogP) is 0.671. The first-order chi connectivity index (χ1) is 7.84. The van der Waals surface area contributed by atoms with E-state index in [1.54, 1.807) is 0 Å². The standard InChI is InChI=1S/C12H22N2O2/c15-12(7-11-4-2-6-16-11)14-9-10-3-1-5-13-8-10/h10-11,13H,1-9H2,(H,14,15). The maximum Gasteiger partial charge on any atom is 0.222 e. The summed E-state index contributed by atoms with van der Waals surface area (Å²) in [7, 11) is 0. The smallest absolute Gasteiger partial charge is 0.222 e. The predicted molar refractivity (Wildman–Crippen MR) is 62.2 cm³/mol. The van der Waals surface area contributed by atoms with E-state index in [1.165, 1.54) is 12.8 Å². The monoisotopic (exact) mass is 226 g/mol. The van der Waals surface area contributed by atoms with Gasteiger partial charge < -0.3 is 15.4 Å². The maximum absolute atomic E-state index is 11.6. The highest BCUT2D eigenvalue weighted by molar-refractivity contribution is 5.76. The Balaban J connectivity index is 1.59. The average Bonchev–Trinajstić information content (AvgIpc) is 2.81. The van der Waals surface area contributed by atoms with Crippen LogP contribution in [0.4, 0.5) is 0 Å². The van der Waals surface area contributed by atoms with E-state index in [1.807, 2.05) is 0 Å². The van der Waals surface area contributed by atoms with Crippen LogP contribution in [0.15, 0.2) is 0 Å². The molecule has 2 rings (SSSR count). The van der Waals surface area contributed by atoms with Gasteiger partial charge in [0.25, 0.3) is 0 Å². The molecule has 2 unspecified atom stereocenters. The third-order valence-electron chi connectivity index (χ3n) is 3.42. The van der Waals surface area contributed by atoms with Crippen LogP contribution in [0.3, 0.4) is 0 Å². The van der Waals surface area contributed by atoms with Crippen LogP contribution in [0.1, 0.15) is 32.1 Å². The van der Waals surface area contributed by atoms with Crippen LogP contribution in [0, 0.1) is 5.92 Å². The Morgan fingerprint density at radius 2 is 2.31 bits per heavy atom. The minimum absolute atomic E-state index is 0.150. The van der Waals surface area contributed by atoms with Gasteiger partial charge in [0.2, 0.25) is 5.91 Å². The largest absolute Gasteiger partial charge is 0.378 e. The molecule has 2 atom stereocenters. The van der Waals surface area contributed by atoms with Gasteiger partial charge in [-0.3, -0.25) is 4.79 Å². The van der Waals surface area contributed by atoms with Gasteiger partial charge in [0.05, 0.1) is 12.5 Å². The summed E-state index contributed by atoms with van der Waals surface area (Å²) in [6.07, 6.45) is 5.31. The van der Waals surface area contributed by atoms with Crippen molar-refractivity contribution >= 4 is 5.91 Å². The van der Waals surface area contributed by atoms with E-state index in [0.29, 0.717) is 12.3 Å². The Hall–Kier alpha value is -0.610. The van der Waals surface area contributed by atoms with Gasteiger partial charge >= 0.3 is 0 Å². The molecule has 4 heteroatoms. The summed E-state index contributed by atoms with van der Waals surface area (Å²) < 4.78 is 5.44. The zero-order valence-electron chi connectivity index (χ0n) is 9.84. The molecule has 0 spiro atoms. The average molecular weight is 226 g/mol. The summed E-state index contributed by atoms with van der Waals surface area (Å²) in [5, 5.41) is 6.38. The SMILES string of the molecule is O=C(CC1CCCO1)NCC1CCCNC1. The fourth-order valence-electron chi connectivity index (χ4n) is 2.44. The molecule has 0 aromatic carbocycles. The number of rotatable bonds is 4. The fourth-order valence-corrected chi connectivity index (χ4v) is 2.44. The summed E-state index contributed by atoms with van der Waals surface area (Å²) in [6.45, 7) is 3.81. The van der Waals surface area contributed by atoms with Crippen LogP contribution in [0.25, 0.3) is 0 Å². The lowest BCUT2D eigenvalue weighted by Gasteiger charge is -2.23. The Morgan fingerprint density at radius 3 is 3.00 bits per heavy atom. The van der Waals surface area contributed by atoms with Crippen molar-refractivity contribution in [2.24, 2.45) is 5.92 Å². The van der Waals surface area contributed by atoms with Crippen LogP contribution in [-0.4, -0.2) is 38.3 Å². The zero-order valence-corrected chi connectivity index (χ0v) is 9.84. The molecule has 2 fully saturated rings. The van der Waals surface area contributed by atoms with Gasteiger partial charge in [-0.2, -0.15) is 0 Å². The van der Waals surface area contributed by atoms with Crippen molar-refractivity contribution in [1.82, 2.24) is 10.6 Å². The lowest BCUT2D eigenvalue weighted by Crippen LogP contribution is -2.38. The van der Waals surface area contributed by atoms with Crippen molar-refractivity contribution in [1.29, 1.82) is 0 Å². The minimum Gasteiger partial charge on any atom is -0.378 e. The summed E-state index contributed by atoms with van der Waals surface area (Å²) in [5.41, 5.74) is 0. The highest BCUT2D eigenvalue weighted by Crippen LogP contribution is 2.15. The second-order valence-electron chi connectivity index (χ2n) is 4.86. The van der Waals surface area contributed by atoms with E-state index in [9.17, 15) is 4.79 Å². The molecule has 0 aromatic rings. The molecule has 0 saturated carbocycles. The van der Waals surface area contributed by atoms with E-state index in [-0.39, 0.29) is 12.0 Å². The van der Waals surface area contributed by atoms with E-state index in [0.717, 1.165) is 39.1 Å². The molecular formula is C12H22N2O2. The molecule has 2 aliphatic rings. The van der Waals surface area contributed by atoms with Gasteiger partial charge in [0.15, 0.2) is 0 Å². The first-order valence-electron chi connectivity index (χ1n) is 6.43. The number of carbonyl (C=O) groups is 1. The van der Waals surface area contributed by atoms with Gasteiger partial charge in [-0.1, -0.05) is 0 Å². The van der Waals surface area contributed by atoms with Crippen molar-refractivity contribution in [2.75, 3.05) is 26.2 Å². The molecule has 16 heavy (non-hydrogen) atoms. The van der Waals surface area contributed by atoms with Gasteiger partial charge in [-0.25, -0.2) is 0 Å². The molecule has 2 N–H and O–H groups in total. The lowest BCUT2D eigenvalue weighted by molar-refractivity contribution is -0.123. The van der Waals surface area contributed by atoms with Crippen molar-refractivity contribution in [3.05, 3.63) is 0 Å². The normalized spacial score (nSPS) is 30.2. The van der Waals surface area contributed by atoms with E-state index in [2.05, 4.69) is 10.6 Å². The van der Waals surface area contributed by atoms with Crippen LogP contribution in [0.2, 0.25) is 0 Å². The van der Waals surface area contributed by atoms with Crippen molar-refractivity contribution in [2.45, 2.75) is 38.2 Å². The minimum atomic E-state index is 0.150. The summed E-state index contributed by atoms with van der Waals surface area (Å²) >= 11 is 0. The molecule has 0 radical (unpaired) electrons. The molecule has 0 aromatic heterocycles. The van der Waals surface area contributed by atoms with Crippen molar-refractivity contribution < 1.29 is 9.53 Å². The molecule has 2 aliphatic heterocycles. The Kier molecular flexibility index (Phi) is 4.60. The second kappa shape index (κ2) is 6.21. The number of hydrogen-bond donors (Lipinski definition) is 2.